The van der Waals surface area contributed by atoms with Gasteiger partial charge in [0, 0.05) is 36.2 Å². The minimum absolute atomic E-state index is 0.289. The number of likely N-dealkylation sites (tertiary alicyclic amines) is 1. The van der Waals surface area contributed by atoms with E-state index in [1.54, 1.807) is 12.4 Å². The van der Waals surface area contributed by atoms with E-state index in [2.05, 4.69) is 55.1 Å². The van der Waals surface area contributed by atoms with Gasteiger partial charge in [-0.3, -0.25) is 5.41 Å². The Morgan fingerprint density at radius 3 is 2.64 bits per heavy atom. The van der Waals surface area contributed by atoms with Crippen LogP contribution in [0.4, 0.5) is 17.3 Å². The lowest BCUT2D eigenvalue weighted by Crippen LogP contribution is -2.40. The van der Waals surface area contributed by atoms with Crippen molar-refractivity contribution in [2.45, 2.75) is 18.9 Å². The first-order valence-electron chi connectivity index (χ1n) is 10.9. The zero-order chi connectivity index (χ0) is 23.4. The van der Waals surface area contributed by atoms with Crippen LogP contribution in [-0.2, 0) is 0 Å². The summed E-state index contributed by atoms with van der Waals surface area (Å²) in [5, 5.41) is 15.7. The minimum Gasteiger partial charge on any atom is -0.383 e. The number of pyridine rings is 2. The topological polar surface area (TPSA) is 103 Å². The van der Waals surface area contributed by atoms with Gasteiger partial charge in [0.15, 0.2) is 0 Å². The molecule has 5 N–H and O–H groups in total. The molecule has 1 aromatic carbocycles. The summed E-state index contributed by atoms with van der Waals surface area (Å²) in [6, 6.07) is 13.6. The van der Waals surface area contributed by atoms with Gasteiger partial charge in [-0.15, -0.1) is 0 Å². The SMILES string of the molecule is C=C(Nc1ccccn1)c1ccc(C(=N)c2c(N)ncc(Br)c2NC2CCCN(C)C2)cc1. The van der Waals surface area contributed by atoms with Gasteiger partial charge in [0.25, 0.3) is 0 Å². The summed E-state index contributed by atoms with van der Waals surface area (Å²) >= 11 is 3.61. The van der Waals surface area contributed by atoms with Crippen LogP contribution in [0.1, 0.15) is 29.5 Å². The summed E-state index contributed by atoms with van der Waals surface area (Å²) < 4.78 is 0.800. The molecule has 0 aliphatic carbocycles. The number of nitrogen functional groups attached to an aromatic ring is 1. The largest absolute Gasteiger partial charge is 0.383 e. The van der Waals surface area contributed by atoms with Crippen molar-refractivity contribution in [3.05, 3.63) is 82.6 Å². The summed E-state index contributed by atoms with van der Waals surface area (Å²) in [5.74, 6) is 1.07. The van der Waals surface area contributed by atoms with Gasteiger partial charge in [-0.25, -0.2) is 9.97 Å². The molecule has 1 atom stereocenters. The lowest BCUT2D eigenvalue weighted by molar-refractivity contribution is 0.261. The van der Waals surface area contributed by atoms with E-state index in [4.69, 9.17) is 11.1 Å². The van der Waals surface area contributed by atoms with Crippen LogP contribution in [0.15, 0.2) is 65.9 Å². The molecule has 0 radical (unpaired) electrons. The highest BCUT2D eigenvalue weighted by Gasteiger charge is 2.23. The summed E-state index contributed by atoms with van der Waals surface area (Å²) in [4.78, 5) is 10.9. The predicted molar refractivity (Wildman–Crippen MR) is 140 cm³/mol. The Balaban J connectivity index is 1.56. The first-order valence-corrected chi connectivity index (χ1v) is 11.7. The van der Waals surface area contributed by atoms with E-state index in [1.807, 2.05) is 42.5 Å². The van der Waals surface area contributed by atoms with Gasteiger partial charge in [-0.2, -0.15) is 0 Å². The number of hydrogen-bond acceptors (Lipinski definition) is 7. The van der Waals surface area contributed by atoms with Crippen molar-refractivity contribution in [1.82, 2.24) is 14.9 Å². The van der Waals surface area contributed by atoms with Crippen molar-refractivity contribution in [2.75, 3.05) is 36.5 Å². The van der Waals surface area contributed by atoms with E-state index in [1.165, 1.54) is 0 Å². The lowest BCUT2D eigenvalue weighted by Gasteiger charge is -2.32. The van der Waals surface area contributed by atoms with E-state index in [-0.39, 0.29) is 6.04 Å². The van der Waals surface area contributed by atoms with Crippen molar-refractivity contribution in [3.63, 3.8) is 0 Å². The van der Waals surface area contributed by atoms with Gasteiger partial charge < -0.3 is 21.3 Å². The fourth-order valence-electron chi connectivity index (χ4n) is 4.03. The Hall–Kier alpha value is -3.23. The first kappa shape index (κ1) is 22.9. The summed E-state index contributed by atoms with van der Waals surface area (Å²) in [5.41, 5.74) is 10.4. The Labute approximate surface area is 202 Å². The third kappa shape index (κ3) is 5.40. The van der Waals surface area contributed by atoms with Crippen molar-refractivity contribution in [3.8, 4) is 0 Å². The molecule has 1 aliphatic heterocycles. The monoisotopic (exact) mass is 505 g/mol. The molecule has 1 aliphatic rings. The Morgan fingerprint density at radius 2 is 1.94 bits per heavy atom. The molecule has 2 aromatic heterocycles. The number of anilines is 3. The molecule has 0 amide bonds. The molecule has 0 spiro atoms. The average molecular weight is 506 g/mol. The molecule has 7 nitrogen and oxygen atoms in total. The van der Waals surface area contributed by atoms with Crippen molar-refractivity contribution in [2.24, 2.45) is 0 Å². The number of hydrogen-bond donors (Lipinski definition) is 4. The fraction of sp³-hybridized carbons (Fsp3) is 0.240. The number of piperidine rings is 1. The normalized spacial score (nSPS) is 16.2. The molecule has 8 heteroatoms. The van der Waals surface area contributed by atoms with Gasteiger partial charge in [-0.1, -0.05) is 36.9 Å². The third-order valence-electron chi connectivity index (χ3n) is 5.75. The average Bonchev–Trinajstić information content (AvgIpc) is 2.82. The number of rotatable bonds is 7. The molecule has 3 heterocycles. The molecule has 1 fully saturated rings. The second-order valence-electron chi connectivity index (χ2n) is 8.26. The molecule has 1 saturated heterocycles. The van der Waals surface area contributed by atoms with Crippen LogP contribution >= 0.6 is 15.9 Å². The lowest BCUT2D eigenvalue weighted by atomic mass is 9.98. The maximum absolute atomic E-state index is 8.92. The number of benzene rings is 1. The Kier molecular flexibility index (Phi) is 7.05. The summed E-state index contributed by atoms with van der Waals surface area (Å²) in [6.07, 6.45) is 5.63. The molecule has 33 heavy (non-hydrogen) atoms. The van der Waals surface area contributed by atoms with Crippen molar-refractivity contribution < 1.29 is 0 Å². The van der Waals surface area contributed by atoms with Crippen LogP contribution < -0.4 is 16.4 Å². The van der Waals surface area contributed by atoms with E-state index in [0.29, 0.717) is 17.1 Å². The molecule has 170 valence electrons. The number of nitrogens with one attached hydrogen (secondary N) is 3. The first-order chi connectivity index (χ1) is 15.9. The smallest absolute Gasteiger partial charge is 0.134 e. The zero-order valence-electron chi connectivity index (χ0n) is 18.6. The quantitative estimate of drug-likeness (QED) is 0.343. The third-order valence-corrected chi connectivity index (χ3v) is 6.35. The van der Waals surface area contributed by atoms with Crippen molar-refractivity contribution in [1.29, 1.82) is 5.41 Å². The molecule has 4 rings (SSSR count). The number of likely N-dealkylation sites (N-methyl/N-ethyl adjacent to an activating group) is 1. The van der Waals surface area contributed by atoms with E-state index in [9.17, 15) is 0 Å². The Morgan fingerprint density at radius 1 is 1.18 bits per heavy atom. The minimum atomic E-state index is 0.289. The summed E-state index contributed by atoms with van der Waals surface area (Å²) in [6.45, 7) is 6.16. The van der Waals surface area contributed by atoms with Gasteiger partial charge >= 0.3 is 0 Å². The number of nitrogens with zero attached hydrogens (tertiary/aromatic N) is 3. The van der Waals surface area contributed by atoms with Crippen molar-refractivity contribution >= 4 is 44.7 Å². The van der Waals surface area contributed by atoms with Crippen LogP contribution in [0, 0.1) is 5.41 Å². The fourth-order valence-corrected chi connectivity index (χ4v) is 4.45. The molecular weight excluding hydrogens is 478 g/mol. The zero-order valence-corrected chi connectivity index (χ0v) is 20.2. The predicted octanol–water partition coefficient (Wildman–Crippen LogP) is 4.83. The van der Waals surface area contributed by atoms with E-state index in [0.717, 1.165) is 58.7 Å². The van der Waals surface area contributed by atoms with Gasteiger partial charge in [0.05, 0.1) is 21.4 Å². The molecular formula is C25H28BrN7. The highest BCUT2D eigenvalue weighted by molar-refractivity contribution is 9.10. The number of nitrogens with two attached hydrogens (primary N) is 1. The summed E-state index contributed by atoms with van der Waals surface area (Å²) in [7, 11) is 2.13. The van der Waals surface area contributed by atoms with Crippen LogP contribution in [0.3, 0.4) is 0 Å². The number of halogens is 1. The highest BCUT2D eigenvalue weighted by Crippen LogP contribution is 2.33. The maximum atomic E-state index is 8.92. The van der Waals surface area contributed by atoms with Crippen LogP contribution in [0.25, 0.3) is 5.70 Å². The van der Waals surface area contributed by atoms with E-state index >= 15 is 0 Å². The van der Waals surface area contributed by atoms with Crippen LogP contribution in [0.2, 0.25) is 0 Å². The van der Waals surface area contributed by atoms with Crippen LogP contribution in [-0.4, -0.2) is 46.8 Å². The van der Waals surface area contributed by atoms with Gasteiger partial charge in [0.2, 0.25) is 0 Å². The maximum Gasteiger partial charge on any atom is 0.134 e. The van der Waals surface area contributed by atoms with Gasteiger partial charge in [-0.05, 0) is 60.1 Å². The van der Waals surface area contributed by atoms with Gasteiger partial charge in [0.1, 0.15) is 11.6 Å². The number of aromatic nitrogens is 2. The highest BCUT2D eigenvalue weighted by atomic mass is 79.9. The second kappa shape index (κ2) is 10.1. The molecule has 0 bridgehead atoms. The van der Waals surface area contributed by atoms with E-state index < -0.39 is 0 Å². The molecule has 0 saturated carbocycles. The Bertz CT molecular complexity index is 1150. The molecule has 3 aromatic rings. The second-order valence-corrected chi connectivity index (χ2v) is 9.11. The molecule has 1 unspecified atom stereocenters. The standard InChI is InChI=1S/C25H28BrN7/c1-16(31-21-7-3-4-12-29-21)17-8-10-18(11-9-17)23(27)22-24(20(26)14-30-25(22)28)32-19-6-5-13-33(2)15-19/h3-4,7-12,14,19,27H,1,5-6,13,15H2,2H3,(H,29,31)(H3,28,30,32). The van der Waals surface area contributed by atoms with Crippen LogP contribution in [0.5, 0.6) is 0 Å².